The number of rotatable bonds is 8. The molecule has 0 spiro atoms. The second-order valence-electron chi connectivity index (χ2n) is 6.31. The number of benzene rings is 2. The van der Waals surface area contributed by atoms with Gasteiger partial charge < -0.3 is 30.8 Å². The molecule has 0 heterocycles. The molecule has 0 aliphatic rings. The number of carbonyl (C=O) groups is 2. The van der Waals surface area contributed by atoms with Gasteiger partial charge in [-0.05, 0) is 36.6 Å². The summed E-state index contributed by atoms with van der Waals surface area (Å²) in [5.41, 5.74) is 1.73. The van der Waals surface area contributed by atoms with Gasteiger partial charge in [-0.1, -0.05) is 30.3 Å². The molecule has 8 heteroatoms. The van der Waals surface area contributed by atoms with Gasteiger partial charge in [-0.25, -0.2) is 9.59 Å². The molecule has 0 aliphatic carbocycles. The third-order valence-electron chi connectivity index (χ3n) is 3.72. The van der Waals surface area contributed by atoms with Crippen LogP contribution >= 0.6 is 0 Å². The van der Waals surface area contributed by atoms with E-state index in [1.807, 2.05) is 18.2 Å². The molecule has 0 aromatic heterocycles. The summed E-state index contributed by atoms with van der Waals surface area (Å²) >= 11 is 0. The largest absolute Gasteiger partial charge is 0.508 e. The zero-order chi connectivity index (χ0) is 21.8. The maximum absolute atomic E-state index is 10.1. The van der Waals surface area contributed by atoms with Gasteiger partial charge in [0.05, 0.1) is 6.10 Å². The highest BCUT2D eigenvalue weighted by Gasteiger charge is 2.11. The number of aliphatic hydroxyl groups excluding tert-OH is 1. The van der Waals surface area contributed by atoms with Gasteiger partial charge in [0.25, 0.3) is 0 Å². The van der Waals surface area contributed by atoms with Crippen LogP contribution < -0.4 is 5.32 Å². The summed E-state index contributed by atoms with van der Waals surface area (Å²) in [7, 11) is 0. The van der Waals surface area contributed by atoms with Crippen molar-refractivity contribution in [3.05, 3.63) is 71.8 Å². The van der Waals surface area contributed by atoms with Crippen LogP contribution in [0.3, 0.4) is 0 Å². The van der Waals surface area contributed by atoms with Gasteiger partial charge in [0.15, 0.2) is 0 Å². The molecule has 29 heavy (non-hydrogen) atoms. The summed E-state index contributed by atoms with van der Waals surface area (Å²) in [5.74, 6) is -2.62. The Morgan fingerprint density at radius 1 is 0.966 bits per heavy atom. The second-order valence-corrected chi connectivity index (χ2v) is 6.31. The average molecular weight is 403 g/mol. The lowest BCUT2D eigenvalue weighted by Crippen LogP contribution is -2.32. The highest BCUT2D eigenvalue weighted by atomic mass is 16.4. The minimum Gasteiger partial charge on any atom is -0.508 e. The van der Waals surface area contributed by atoms with Gasteiger partial charge in [0.1, 0.15) is 11.5 Å². The number of aliphatic hydroxyl groups is 1. The van der Waals surface area contributed by atoms with Crippen molar-refractivity contribution in [2.75, 3.05) is 6.54 Å². The Labute approximate surface area is 168 Å². The van der Waals surface area contributed by atoms with Crippen LogP contribution in [0, 0.1) is 0 Å². The van der Waals surface area contributed by atoms with Crippen molar-refractivity contribution in [2.45, 2.75) is 25.5 Å². The lowest BCUT2D eigenvalue weighted by atomic mass is 10.1. The first-order chi connectivity index (χ1) is 13.7. The van der Waals surface area contributed by atoms with E-state index >= 15 is 0 Å². The molecule has 0 aliphatic heterocycles. The van der Waals surface area contributed by atoms with Gasteiger partial charge in [0.2, 0.25) is 0 Å². The van der Waals surface area contributed by atoms with Crippen LogP contribution in [0.15, 0.2) is 60.7 Å². The Bertz CT molecular complexity index is 785. The fraction of sp³-hybridized carbons (Fsp3) is 0.238. The molecule has 2 atom stereocenters. The van der Waals surface area contributed by atoms with Crippen LogP contribution in [0.5, 0.6) is 11.5 Å². The molecule has 0 bridgehead atoms. The summed E-state index contributed by atoms with van der Waals surface area (Å²) in [6.07, 6.45) is 1.21. The third kappa shape index (κ3) is 10.5. The van der Waals surface area contributed by atoms with Gasteiger partial charge in [-0.15, -0.1) is 0 Å². The van der Waals surface area contributed by atoms with Crippen LogP contribution in [-0.2, 0) is 16.0 Å². The van der Waals surface area contributed by atoms with Crippen LogP contribution in [0.2, 0.25) is 0 Å². The lowest BCUT2D eigenvalue weighted by Gasteiger charge is -2.18. The molecule has 0 fully saturated rings. The van der Waals surface area contributed by atoms with Crippen LogP contribution in [0.25, 0.3) is 0 Å². The highest BCUT2D eigenvalue weighted by Crippen LogP contribution is 2.24. The topological polar surface area (TPSA) is 147 Å². The summed E-state index contributed by atoms with van der Waals surface area (Å²) < 4.78 is 0. The van der Waals surface area contributed by atoms with Crippen LogP contribution in [0.1, 0.15) is 24.2 Å². The average Bonchev–Trinajstić information content (AvgIpc) is 2.65. The molecule has 0 unspecified atom stereocenters. The zero-order valence-electron chi connectivity index (χ0n) is 15.9. The molecule has 8 nitrogen and oxygen atoms in total. The first-order valence-electron chi connectivity index (χ1n) is 8.79. The van der Waals surface area contributed by atoms with Gasteiger partial charge >= 0.3 is 11.9 Å². The van der Waals surface area contributed by atoms with E-state index in [0.29, 0.717) is 24.3 Å². The number of nitrogens with one attached hydrogen (secondary N) is 1. The molecule has 6 N–H and O–H groups in total. The normalized spacial score (nSPS) is 12.6. The summed E-state index contributed by atoms with van der Waals surface area (Å²) in [5, 5.41) is 47.8. The van der Waals surface area contributed by atoms with Crippen molar-refractivity contribution in [3.8, 4) is 11.5 Å². The Kier molecular flexibility index (Phi) is 9.94. The highest BCUT2D eigenvalue weighted by molar-refractivity contribution is 5.89. The van der Waals surface area contributed by atoms with E-state index in [9.17, 15) is 24.9 Å². The summed E-state index contributed by atoms with van der Waals surface area (Å²) in [4.78, 5) is 19.1. The molecule has 2 rings (SSSR count). The zero-order valence-corrected chi connectivity index (χ0v) is 15.9. The second kappa shape index (κ2) is 12.2. The number of phenols is 2. The van der Waals surface area contributed by atoms with E-state index in [0.717, 1.165) is 6.42 Å². The van der Waals surface area contributed by atoms with Crippen molar-refractivity contribution in [1.82, 2.24) is 5.32 Å². The van der Waals surface area contributed by atoms with Crippen LogP contribution in [0.4, 0.5) is 0 Å². The van der Waals surface area contributed by atoms with E-state index < -0.39 is 18.0 Å². The first kappa shape index (κ1) is 23.7. The monoisotopic (exact) mass is 403 g/mol. The molecule has 0 radical (unpaired) electrons. The standard InChI is InChI=1S/C17H21NO3.C4H4O4/c1-12(7-13-5-3-2-4-6-13)18-11-17(21)14-8-15(19)10-16(20)9-14;5-3(6)1-2-4(7)8/h2-6,8-10,12,17-21H,7,11H2,1H3;1-2H,(H,5,6)(H,7,8)/b;2-1+/t12-,17+;/m1./s1. The predicted octanol–water partition coefficient (Wildman–Crippen LogP) is 2.06. The molecular weight excluding hydrogens is 378 g/mol. The van der Waals surface area contributed by atoms with E-state index in [2.05, 4.69) is 24.4 Å². The Morgan fingerprint density at radius 3 is 1.97 bits per heavy atom. The molecule has 156 valence electrons. The molecule has 0 amide bonds. The molecule has 2 aromatic rings. The van der Waals surface area contributed by atoms with Crippen molar-refractivity contribution in [1.29, 1.82) is 0 Å². The summed E-state index contributed by atoms with van der Waals surface area (Å²) in [6.45, 7) is 2.41. The van der Waals surface area contributed by atoms with E-state index in [1.165, 1.54) is 23.8 Å². The van der Waals surface area contributed by atoms with Crippen molar-refractivity contribution in [3.63, 3.8) is 0 Å². The number of hydrogen-bond acceptors (Lipinski definition) is 6. The van der Waals surface area contributed by atoms with Gasteiger partial charge in [0, 0.05) is 30.8 Å². The number of carboxylic acids is 2. The Hall–Kier alpha value is -3.36. The maximum atomic E-state index is 10.1. The Morgan fingerprint density at radius 2 is 1.48 bits per heavy atom. The number of aromatic hydroxyl groups is 2. The van der Waals surface area contributed by atoms with Crippen molar-refractivity contribution in [2.24, 2.45) is 0 Å². The summed E-state index contributed by atoms with van der Waals surface area (Å²) in [6, 6.07) is 14.5. The van der Waals surface area contributed by atoms with E-state index in [1.54, 1.807) is 0 Å². The number of carboxylic acid groups (broad SMARTS) is 2. The number of phenolic OH excluding ortho intramolecular Hbond substituents is 2. The van der Waals surface area contributed by atoms with Crippen LogP contribution in [-0.4, -0.2) is 50.1 Å². The SMILES string of the molecule is C[C@H](Cc1ccccc1)NC[C@H](O)c1cc(O)cc(O)c1.O=C(O)/C=C/C(=O)O. The van der Waals surface area contributed by atoms with Gasteiger partial charge in [-0.3, -0.25) is 0 Å². The molecule has 0 saturated carbocycles. The lowest BCUT2D eigenvalue weighted by molar-refractivity contribution is -0.134. The van der Waals surface area contributed by atoms with Gasteiger partial charge in [-0.2, -0.15) is 0 Å². The minimum absolute atomic E-state index is 0.0543. The quantitative estimate of drug-likeness (QED) is 0.367. The third-order valence-corrected chi connectivity index (χ3v) is 3.72. The van der Waals surface area contributed by atoms with E-state index in [4.69, 9.17) is 10.2 Å². The maximum Gasteiger partial charge on any atom is 0.328 e. The molecule has 2 aromatic carbocycles. The van der Waals surface area contributed by atoms with Crippen molar-refractivity contribution >= 4 is 11.9 Å². The number of aliphatic carboxylic acids is 2. The fourth-order valence-electron chi connectivity index (χ4n) is 2.42. The van der Waals surface area contributed by atoms with E-state index in [-0.39, 0.29) is 17.5 Å². The molecule has 0 saturated heterocycles. The van der Waals surface area contributed by atoms with Crippen molar-refractivity contribution < 1.29 is 35.1 Å². The predicted molar refractivity (Wildman–Crippen MR) is 107 cm³/mol. The fourth-order valence-corrected chi connectivity index (χ4v) is 2.42. The number of hydrogen-bond donors (Lipinski definition) is 6. The molecular formula is C21H25NO7. The first-order valence-corrected chi connectivity index (χ1v) is 8.79. The smallest absolute Gasteiger partial charge is 0.328 e. The minimum atomic E-state index is -1.26. The Balaban J connectivity index is 0.000000447.